The molecule has 0 saturated carbocycles. The smallest absolute Gasteiger partial charge is 0.346 e. The molecule has 0 radical (unpaired) electrons. The quantitative estimate of drug-likeness (QED) is 0.159. The van der Waals surface area contributed by atoms with Crippen molar-refractivity contribution in [1.29, 1.82) is 0 Å². The summed E-state index contributed by atoms with van der Waals surface area (Å²) in [6, 6.07) is 19.7. The first kappa shape index (κ1) is 22.5. The molecule has 0 bridgehead atoms. The first-order chi connectivity index (χ1) is 15.1. The number of thiocarbonyl (C=S) groups is 1. The Kier molecular flexibility index (Phi) is 8.22. The van der Waals surface area contributed by atoms with Crippen molar-refractivity contribution in [3.63, 3.8) is 0 Å². The lowest BCUT2D eigenvalue weighted by atomic mass is 10.0. The summed E-state index contributed by atoms with van der Waals surface area (Å²) >= 11 is 4.55. The van der Waals surface area contributed by atoms with E-state index in [0.717, 1.165) is 18.4 Å². The number of carbonyl (C=O) groups excluding carboxylic acids is 1. The van der Waals surface area contributed by atoms with E-state index in [1.165, 1.54) is 36.1 Å². The summed E-state index contributed by atoms with van der Waals surface area (Å²) in [7, 11) is 0. The van der Waals surface area contributed by atoms with E-state index in [9.17, 15) is 9.18 Å². The minimum Gasteiger partial charge on any atom is -0.423 e. The zero-order valence-electron chi connectivity index (χ0n) is 17.4. The van der Waals surface area contributed by atoms with Crippen LogP contribution in [0.2, 0.25) is 0 Å². The fraction of sp³-hybridized carbons (Fsp3) is 0.231. The lowest BCUT2D eigenvalue weighted by Gasteiger charge is -2.08. The number of rotatable bonds is 9. The average Bonchev–Trinajstić information content (AvgIpc) is 2.78. The molecule has 0 aliphatic carbocycles. The van der Waals surface area contributed by atoms with Crippen molar-refractivity contribution >= 4 is 29.0 Å². The van der Waals surface area contributed by atoms with Crippen LogP contribution in [0.5, 0.6) is 5.75 Å². The van der Waals surface area contributed by atoms with E-state index < -0.39 is 11.8 Å². The highest BCUT2D eigenvalue weighted by molar-refractivity contribution is 7.78. The van der Waals surface area contributed by atoms with Gasteiger partial charge in [-0.1, -0.05) is 43.7 Å². The SMILES string of the molecule is CCCCc1ccc(CCc2ccc(C(=O)Oc3ccc(N=C=S)cc3)c(F)c2)cc1. The molecule has 0 atom stereocenters. The van der Waals surface area contributed by atoms with Gasteiger partial charge < -0.3 is 4.74 Å². The summed E-state index contributed by atoms with van der Waals surface area (Å²) < 4.78 is 19.8. The van der Waals surface area contributed by atoms with Gasteiger partial charge in [-0.05, 0) is 91.0 Å². The minimum atomic E-state index is -0.738. The van der Waals surface area contributed by atoms with Crippen LogP contribution in [-0.2, 0) is 19.3 Å². The lowest BCUT2D eigenvalue weighted by molar-refractivity contribution is 0.0730. The molecule has 0 saturated heterocycles. The number of unbranched alkanes of at least 4 members (excludes halogenated alkanes) is 1. The van der Waals surface area contributed by atoms with Crippen LogP contribution in [0, 0.1) is 5.82 Å². The van der Waals surface area contributed by atoms with Crippen molar-refractivity contribution in [3.05, 3.63) is 94.8 Å². The van der Waals surface area contributed by atoms with Crippen LogP contribution in [0.3, 0.4) is 0 Å². The molecule has 5 heteroatoms. The maximum atomic E-state index is 14.5. The molecule has 0 fully saturated rings. The zero-order valence-corrected chi connectivity index (χ0v) is 18.3. The molecule has 3 aromatic rings. The Bertz CT molecular complexity index is 1070. The Hall–Kier alpha value is -3.14. The van der Waals surface area contributed by atoms with Gasteiger partial charge in [0.05, 0.1) is 16.4 Å². The van der Waals surface area contributed by atoms with Gasteiger partial charge in [0.2, 0.25) is 0 Å². The molecular weight excluding hydrogens is 409 g/mol. The molecule has 31 heavy (non-hydrogen) atoms. The van der Waals surface area contributed by atoms with Crippen molar-refractivity contribution in [2.24, 2.45) is 4.99 Å². The normalized spacial score (nSPS) is 10.4. The highest BCUT2D eigenvalue weighted by Gasteiger charge is 2.15. The molecular formula is C26H24FNO2S. The molecule has 0 aliphatic rings. The third kappa shape index (κ3) is 6.68. The van der Waals surface area contributed by atoms with Gasteiger partial charge in [0.25, 0.3) is 0 Å². The molecule has 0 heterocycles. The largest absolute Gasteiger partial charge is 0.423 e. The maximum absolute atomic E-state index is 14.5. The third-order valence-corrected chi connectivity index (χ3v) is 5.11. The van der Waals surface area contributed by atoms with Crippen molar-refractivity contribution in [1.82, 2.24) is 0 Å². The highest BCUT2D eigenvalue weighted by atomic mass is 32.1. The van der Waals surface area contributed by atoms with Crippen LogP contribution in [0.1, 0.15) is 46.8 Å². The first-order valence-corrected chi connectivity index (χ1v) is 10.8. The van der Waals surface area contributed by atoms with E-state index in [1.807, 2.05) is 0 Å². The molecule has 3 nitrogen and oxygen atoms in total. The molecule has 0 unspecified atom stereocenters. The maximum Gasteiger partial charge on any atom is 0.346 e. The lowest BCUT2D eigenvalue weighted by Crippen LogP contribution is -2.11. The van der Waals surface area contributed by atoms with Crippen molar-refractivity contribution in [3.8, 4) is 5.75 Å². The number of nitrogens with zero attached hydrogens (tertiary/aromatic N) is 1. The number of halogens is 1. The second-order valence-corrected chi connectivity index (χ2v) is 7.50. The number of aliphatic imine (C=N–C) groups is 1. The standard InChI is InChI=1S/C26H24FNO2S/c1-2-3-4-19-5-7-20(8-6-19)9-10-21-11-16-24(25(27)17-21)26(29)30-23-14-12-22(13-15-23)28-18-31/h5-8,11-17H,2-4,9-10H2,1H3. The third-order valence-electron chi connectivity index (χ3n) is 5.02. The number of benzene rings is 3. The predicted molar refractivity (Wildman–Crippen MR) is 125 cm³/mol. The zero-order chi connectivity index (χ0) is 22.1. The number of isothiocyanates is 1. The average molecular weight is 434 g/mol. The number of esters is 1. The molecule has 0 aromatic heterocycles. The molecule has 0 aliphatic heterocycles. The second kappa shape index (κ2) is 11.3. The number of hydrogen-bond donors (Lipinski definition) is 0. The van der Waals surface area contributed by atoms with Gasteiger partial charge in [-0.3, -0.25) is 0 Å². The summed E-state index contributed by atoms with van der Waals surface area (Å²) in [5, 5.41) is 2.26. The summed E-state index contributed by atoms with van der Waals surface area (Å²) in [5.74, 6) is -1.02. The number of ether oxygens (including phenoxy) is 1. The Labute approximate surface area is 187 Å². The Morgan fingerprint density at radius 2 is 1.55 bits per heavy atom. The summed E-state index contributed by atoms with van der Waals surface area (Å²) in [5.41, 5.74) is 3.91. The Morgan fingerprint density at radius 1 is 0.935 bits per heavy atom. The van der Waals surface area contributed by atoms with Gasteiger partial charge in [0.1, 0.15) is 11.6 Å². The molecule has 3 aromatic carbocycles. The predicted octanol–water partition coefficient (Wildman–Crippen LogP) is 6.91. The number of aryl methyl sites for hydroxylation is 3. The fourth-order valence-electron chi connectivity index (χ4n) is 3.23. The van der Waals surface area contributed by atoms with Gasteiger partial charge in [0, 0.05) is 0 Å². The number of hydrogen-bond acceptors (Lipinski definition) is 4. The summed E-state index contributed by atoms with van der Waals surface area (Å²) in [4.78, 5) is 16.2. The van der Waals surface area contributed by atoms with Crippen LogP contribution in [0.4, 0.5) is 10.1 Å². The van der Waals surface area contributed by atoms with Crippen LogP contribution >= 0.6 is 12.2 Å². The van der Waals surface area contributed by atoms with Gasteiger partial charge in [-0.15, -0.1) is 0 Å². The Morgan fingerprint density at radius 3 is 2.16 bits per heavy atom. The van der Waals surface area contributed by atoms with Crippen LogP contribution in [-0.4, -0.2) is 11.1 Å². The van der Waals surface area contributed by atoms with Gasteiger partial charge >= 0.3 is 5.97 Å². The van der Waals surface area contributed by atoms with Gasteiger partial charge in [-0.25, -0.2) is 9.18 Å². The van der Waals surface area contributed by atoms with Gasteiger partial charge in [0.15, 0.2) is 0 Å². The summed E-state index contributed by atoms with van der Waals surface area (Å²) in [6.45, 7) is 2.19. The fourth-order valence-corrected chi connectivity index (χ4v) is 3.33. The topological polar surface area (TPSA) is 38.7 Å². The van der Waals surface area contributed by atoms with Crippen LogP contribution < -0.4 is 4.74 Å². The van der Waals surface area contributed by atoms with Crippen LogP contribution in [0.15, 0.2) is 71.7 Å². The van der Waals surface area contributed by atoms with E-state index in [0.29, 0.717) is 17.9 Å². The highest BCUT2D eigenvalue weighted by Crippen LogP contribution is 2.20. The van der Waals surface area contributed by atoms with Crippen LogP contribution in [0.25, 0.3) is 0 Å². The van der Waals surface area contributed by atoms with Crippen molar-refractivity contribution < 1.29 is 13.9 Å². The van der Waals surface area contributed by atoms with Crippen molar-refractivity contribution in [2.45, 2.75) is 39.0 Å². The van der Waals surface area contributed by atoms with E-state index in [2.05, 4.69) is 53.6 Å². The monoisotopic (exact) mass is 433 g/mol. The molecule has 3 rings (SSSR count). The number of carbonyl (C=O) groups is 1. The Balaban J connectivity index is 1.58. The van der Waals surface area contributed by atoms with E-state index in [4.69, 9.17) is 4.74 Å². The van der Waals surface area contributed by atoms with E-state index in [1.54, 1.807) is 30.3 Å². The van der Waals surface area contributed by atoms with Crippen molar-refractivity contribution in [2.75, 3.05) is 0 Å². The molecule has 0 spiro atoms. The van der Waals surface area contributed by atoms with E-state index in [-0.39, 0.29) is 5.56 Å². The van der Waals surface area contributed by atoms with E-state index >= 15 is 0 Å². The van der Waals surface area contributed by atoms with Gasteiger partial charge in [-0.2, -0.15) is 4.99 Å². The second-order valence-electron chi connectivity index (χ2n) is 7.32. The molecule has 0 N–H and O–H groups in total. The first-order valence-electron chi connectivity index (χ1n) is 10.4. The summed E-state index contributed by atoms with van der Waals surface area (Å²) in [6.07, 6.45) is 4.99. The molecule has 0 amide bonds. The molecule has 158 valence electrons. The minimum absolute atomic E-state index is 0.0926.